The van der Waals surface area contributed by atoms with Crippen LogP contribution >= 0.6 is 0 Å². The molecule has 1 fully saturated rings. The highest BCUT2D eigenvalue weighted by atomic mass is 14.9. The van der Waals surface area contributed by atoms with Gasteiger partial charge in [0, 0.05) is 7.47 Å². The van der Waals surface area contributed by atoms with Gasteiger partial charge in [0.25, 0.3) is 0 Å². The van der Waals surface area contributed by atoms with Crippen molar-refractivity contribution in [2.75, 3.05) is 6.54 Å². The van der Waals surface area contributed by atoms with Gasteiger partial charge in [0.1, 0.15) is 0 Å². The lowest BCUT2D eigenvalue weighted by atomic mass is 9.87. The van der Waals surface area contributed by atoms with E-state index in [1.54, 1.807) is 0 Å². The molecule has 0 radical (unpaired) electrons. The monoisotopic (exact) mass is 157 g/mol. The van der Waals surface area contributed by atoms with Crippen LogP contribution in [0.2, 0.25) is 0 Å². The maximum absolute atomic E-state index is 3.59. The topological polar surface area (TPSA) is 12.0 Å². The highest BCUT2D eigenvalue weighted by Gasteiger charge is 2.16. The van der Waals surface area contributed by atoms with Crippen LogP contribution in [0.3, 0.4) is 0 Å². The molecule has 0 aromatic rings. The standard InChI is InChI=1S/C10H21N.H2/c1-3-8-11-10-6-4-9(2)5-7-10;/h9-11H,3-8H2,1-2H3;1H. The van der Waals surface area contributed by atoms with Gasteiger partial charge in [-0.15, -0.1) is 0 Å². The quantitative estimate of drug-likeness (QED) is 0.664. The molecule has 1 rings (SSSR count). The van der Waals surface area contributed by atoms with Gasteiger partial charge in [-0.05, 0) is 44.6 Å². The SMILES string of the molecule is CCCNC1CCC(C)CC1.[HH]. The fraction of sp³-hybridized carbons (Fsp3) is 1.00. The summed E-state index contributed by atoms with van der Waals surface area (Å²) in [5.41, 5.74) is 0. The zero-order valence-corrected chi connectivity index (χ0v) is 7.90. The summed E-state index contributed by atoms with van der Waals surface area (Å²) in [5, 5.41) is 3.59. The van der Waals surface area contributed by atoms with Gasteiger partial charge in [0.15, 0.2) is 0 Å². The molecule has 0 bridgehead atoms. The average Bonchev–Trinajstić information content (AvgIpc) is 2.04. The summed E-state index contributed by atoms with van der Waals surface area (Å²) < 4.78 is 0. The predicted molar refractivity (Wildman–Crippen MR) is 51.8 cm³/mol. The molecule has 0 atom stereocenters. The average molecular weight is 157 g/mol. The largest absolute Gasteiger partial charge is 0.314 e. The second-order valence-corrected chi connectivity index (χ2v) is 3.91. The van der Waals surface area contributed by atoms with Crippen LogP contribution in [0.15, 0.2) is 0 Å². The predicted octanol–water partition coefficient (Wildman–Crippen LogP) is 2.81. The maximum atomic E-state index is 3.59. The van der Waals surface area contributed by atoms with Crippen molar-refractivity contribution >= 4 is 0 Å². The molecule has 0 aromatic carbocycles. The second kappa shape index (κ2) is 4.76. The molecular formula is C10H23N. The fourth-order valence-corrected chi connectivity index (χ4v) is 1.81. The minimum absolute atomic E-state index is 0. The Labute approximate surface area is 72.1 Å². The van der Waals surface area contributed by atoms with Crippen LogP contribution in [0.1, 0.15) is 47.4 Å². The molecule has 1 nitrogen and oxygen atoms in total. The van der Waals surface area contributed by atoms with E-state index in [0.29, 0.717) is 0 Å². The van der Waals surface area contributed by atoms with Crippen molar-refractivity contribution in [2.45, 2.75) is 52.0 Å². The molecule has 1 saturated carbocycles. The number of hydrogen-bond donors (Lipinski definition) is 1. The third-order valence-corrected chi connectivity index (χ3v) is 2.70. The van der Waals surface area contributed by atoms with Gasteiger partial charge in [0.05, 0.1) is 0 Å². The first kappa shape index (κ1) is 9.05. The number of nitrogens with one attached hydrogen (secondary N) is 1. The van der Waals surface area contributed by atoms with E-state index in [2.05, 4.69) is 19.2 Å². The lowest BCUT2D eigenvalue weighted by Crippen LogP contribution is -2.33. The summed E-state index contributed by atoms with van der Waals surface area (Å²) in [6, 6.07) is 0.839. The van der Waals surface area contributed by atoms with Gasteiger partial charge < -0.3 is 5.32 Å². The van der Waals surface area contributed by atoms with Crippen molar-refractivity contribution in [1.29, 1.82) is 0 Å². The van der Waals surface area contributed by atoms with Gasteiger partial charge >= 0.3 is 0 Å². The summed E-state index contributed by atoms with van der Waals surface area (Å²) in [6.45, 7) is 5.81. The summed E-state index contributed by atoms with van der Waals surface area (Å²) in [7, 11) is 0. The summed E-state index contributed by atoms with van der Waals surface area (Å²) in [4.78, 5) is 0. The summed E-state index contributed by atoms with van der Waals surface area (Å²) in [6.07, 6.45) is 6.94. The Kier molecular flexibility index (Phi) is 3.92. The molecule has 1 N–H and O–H groups in total. The minimum atomic E-state index is 0. The third-order valence-electron chi connectivity index (χ3n) is 2.70. The highest BCUT2D eigenvalue weighted by Crippen LogP contribution is 2.23. The first-order valence-corrected chi connectivity index (χ1v) is 5.06. The van der Waals surface area contributed by atoms with Gasteiger partial charge in [0.2, 0.25) is 0 Å². The zero-order valence-electron chi connectivity index (χ0n) is 7.90. The molecule has 1 aliphatic rings. The van der Waals surface area contributed by atoms with Crippen LogP contribution in [0.5, 0.6) is 0 Å². The van der Waals surface area contributed by atoms with Gasteiger partial charge in [-0.25, -0.2) is 0 Å². The Morgan fingerprint density at radius 2 is 1.91 bits per heavy atom. The molecule has 1 aliphatic carbocycles. The van der Waals surface area contributed by atoms with Crippen LogP contribution in [0.25, 0.3) is 0 Å². The van der Waals surface area contributed by atoms with Crippen LogP contribution in [0.4, 0.5) is 0 Å². The molecule has 0 heterocycles. The van der Waals surface area contributed by atoms with E-state index in [1.165, 1.54) is 38.6 Å². The number of hydrogen-bond acceptors (Lipinski definition) is 1. The van der Waals surface area contributed by atoms with Crippen LogP contribution in [-0.4, -0.2) is 12.6 Å². The molecule has 0 amide bonds. The second-order valence-electron chi connectivity index (χ2n) is 3.91. The molecule has 0 spiro atoms. The number of rotatable bonds is 3. The minimum Gasteiger partial charge on any atom is -0.314 e. The van der Waals surface area contributed by atoms with E-state index in [4.69, 9.17) is 0 Å². The van der Waals surface area contributed by atoms with E-state index in [0.717, 1.165) is 12.0 Å². The Hall–Kier alpha value is -0.0400. The molecule has 0 aliphatic heterocycles. The molecule has 0 unspecified atom stereocenters. The van der Waals surface area contributed by atoms with Crippen molar-refractivity contribution in [3.05, 3.63) is 0 Å². The van der Waals surface area contributed by atoms with Crippen LogP contribution in [0, 0.1) is 5.92 Å². The fourth-order valence-electron chi connectivity index (χ4n) is 1.81. The van der Waals surface area contributed by atoms with Crippen molar-refractivity contribution < 1.29 is 1.43 Å². The van der Waals surface area contributed by atoms with Crippen LogP contribution < -0.4 is 5.32 Å². The van der Waals surface area contributed by atoms with Gasteiger partial charge in [-0.1, -0.05) is 13.8 Å². The molecule has 0 aromatic heterocycles. The van der Waals surface area contributed by atoms with E-state index >= 15 is 0 Å². The highest BCUT2D eigenvalue weighted by molar-refractivity contribution is 4.74. The normalized spacial score (nSPS) is 32.2. The lowest BCUT2D eigenvalue weighted by molar-refractivity contribution is 0.308. The Balaban J connectivity index is 0.00000121. The van der Waals surface area contributed by atoms with Crippen molar-refractivity contribution in [3.8, 4) is 0 Å². The zero-order chi connectivity index (χ0) is 8.10. The van der Waals surface area contributed by atoms with Gasteiger partial charge in [-0.2, -0.15) is 0 Å². The van der Waals surface area contributed by atoms with Gasteiger partial charge in [-0.3, -0.25) is 0 Å². The van der Waals surface area contributed by atoms with E-state index in [9.17, 15) is 0 Å². The summed E-state index contributed by atoms with van der Waals surface area (Å²) >= 11 is 0. The third kappa shape index (κ3) is 3.24. The Bertz CT molecular complexity index is 95.3. The molecule has 1 heteroatoms. The lowest BCUT2D eigenvalue weighted by Gasteiger charge is -2.26. The van der Waals surface area contributed by atoms with Crippen molar-refractivity contribution in [3.63, 3.8) is 0 Å². The van der Waals surface area contributed by atoms with Crippen LogP contribution in [-0.2, 0) is 0 Å². The van der Waals surface area contributed by atoms with E-state index in [1.807, 2.05) is 0 Å². The molecule has 0 saturated heterocycles. The molecule has 68 valence electrons. The van der Waals surface area contributed by atoms with E-state index < -0.39 is 0 Å². The maximum Gasteiger partial charge on any atom is 0.00672 e. The first-order chi connectivity index (χ1) is 5.33. The molecular weight excluding hydrogens is 134 g/mol. The van der Waals surface area contributed by atoms with Crippen molar-refractivity contribution in [2.24, 2.45) is 5.92 Å². The Morgan fingerprint density at radius 3 is 2.45 bits per heavy atom. The molecule has 11 heavy (non-hydrogen) atoms. The summed E-state index contributed by atoms with van der Waals surface area (Å²) in [5.74, 6) is 0.981. The van der Waals surface area contributed by atoms with E-state index in [-0.39, 0.29) is 1.43 Å². The van der Waals surface area contributed by atoms with Crippen molar-refractivity contribution in [1.82, 2.24) is 5.32 Å². The smallest absolute Gasteiger partial charge is 0.00672 e. The Morgan fingerprint density at radius 1 is 1.27 bits per heavy atom. The first-order valence-electron chi connectivity index (χ1n) is 5.06.